The molecule has 5 nitrogen and oxygen atoms in total. The van der Waals surface area contributed by atoms with Crippen molar-refractivity contribution >= 4 is 23.3 Å². The quantitative estimate of drug-likeness (QED) is 0.708. The zero-order valence-corrected chi connectivity index (χ0v) is 15.1. The maximum absolute atomic E-state index is 11.2. The number of urea groups is 1. The minimum Gasteiger partial charge on any atom is -0.489 e. The van der Waals surface area contributed by atoms with Gasteiger partial charge in [-0.15, -0.1) is 0 Å². The molecule has 0 aliphatic carbocycles. The van der Waals surface area contributed by atoms with Gasteiger partial charge in [-0.3, -0.25) is 0 Å². The molecule has 0 fully saturated rings. The summed E-state index contributed by atoms with van der Waals surface area (Å²) in [5.74, 6) is 0.803. The number of amides is 2. The second-order valence-corrected chi connectivity index (χ2v) is 6.56. The lowest BCUT2D eigenvalue weighted by Crippen LogP contribution is -2.21. The van der Waals surface area contributed by atoms with Crippen LogP contribution < -0.4 is 20.8 Å². The molecule has 4 rings (SSSR count). The first-order chi connectivity index (χ1) is 13.2. The standard InChI is InChI=1S/C21H16ClN3O2/c22-16-6-4-14(5-7-16)13-27-18-3-1-2-15(10-18)12-23-17-8-9-19-20(11-17)25-21(26)24-19/h1-11,23H,12-13H2. The van der Waals surface area contributed by atoms with Crippen molar-refractivity contribution in [3.05, 3.63) is 93.6 Å². The fraction of sp³-hybridized carbons (Fsp3) is 0.0952. The molecule has 3 aromatic rings. The van der Waals surface area contributed by atoms with Crippen LogP contribution in [0.4, 0.5) is 10.5 Å². The number of fused-ring (bicyclic) bond motifs is 1. The molecule has 6 heteroatoms. The maximum Gasteiger partial charge on any atom is 0.368 e. The molecule has 3 aromatic carbocycles. The Labute approximate surface area is 161 Å². The molecule has 0 radical (unpaired) electrons. The zero-order valence-electron chi connectivity index (χ0n) is 14.4. The number of benzene rings is 3. The van der Waals surface area contributed by atoms with Gasteiger partial charge in [0.15, 0.2) is 0 Å². The van der Waals surface area contributed by atoms with Gasteiger partial charge in [0.25, 0.3) is 0 Å². The fourth-order valence-corrected chi connectivity index (χ4v) is 2.87. The molecule has 2 amide bonds. The van der Waals surface area contributed by atoms with Gasteiger partial charge in [-0.25, -0.2) is 4.79 Å². The molecule has 1 N–H and O–H groups in total. The van der Waals surface area contributed by atoms with Crippen LogP contribution in [-0.2, 0) is 13.2 Å². The summed E-state index contributed by atoms with van der Waals surface area (Å²) in [4.78, 5) is 18.9. The topological polar surface area (TPSA) is 63.0 Å². The van der Waals surface area contributed by atoms with Gasteiger partial charge in [-0.05, 0) is 53.6 Å². The van der Waals surface area contributed by atoms with Crippen molar-refractivity contribution in [2.24, 2.45) is 9.98 Å². The molecule has 0 unspecified atom stereocenters. The summed E-state index contributed by atoms with van der Waals surface area (Å²) in [5, 5.41) is 5.26. The van der Waals surface area contributed by atoms with Crippen molar-refractivity contribution in [1.82, 2.24) is 0 Å². The molecule has 134 valence electrons. The van der Waals surface area contributed by atoms with Gasteiger partial charge >= 0.3 is 6.03 Å². The molecule has 0 bridgehead atoms. The number of nitrogens with one attached hydrogen (secondary N) is 1. The second-order valence-electron chi connectivity index (χ2n) is 6.13. The predicted molar refractivity (Wildman–Crippen MR) is 104 cm³/mol. The first kappa shape index (κ1) is 17.2. The molecule has 0 saturated carbocycles. The number of carbonyl (C=O) groups excluding carboxylic acids is 1. The highest BCUT2D eigenvalue weighted by Crippen LogP contribution is 2.17. The molecule has 1 aliphatic rings. The van der Waals surface area contributed by atoms with Crippen molar-refractivity contribution in [3.63, 3.8) is 0 Å². The van der Waals surface area contributed by atoms with E-state index in [1.54, 1.807) is 6.07 Å². The van der Waals surface area contributed by atoms with Crippen LogP contribution in [-0.4, -0.2) is 6.03 Å². The summed E-state index contributed by atoms with van der Waals surface area (Å²) in [6.45, 7) is 1.11. The molecule has 0 atom stereocenters. The molecule has 0 spiro atoms. The SMILES string of the molecule is O=C1N=c2ccc(NCc3cccc(OCc4ccc(Cl)cc4)c3)cc2=N1. The summed E-state index contributed by atoms with van der Waals surface area (Å²) < 4.78 is 5.86. The average molecular weight is 378 g/mol. The molecule has 0 aromatic heterocycles. The van der Waals surface area contributed by atoms with Gasteiger partial charge in [-0.1, -0.05) is 35.9 Å². The van der Waals surface area contributed by atoms with Crippen molar-refractivity contribution in [3.8, 4) is 5.75 Å². The number of anilines is 1. The van der Waals surface area contributed by atoms with Crippen molar-refractivity contribution < 1.29 is 9.53 Å². The van der Waals surface area contributed by atoms with Crippen LogP contribution in [0.2, 0.25) is 5.02 Å². The first-order valence-electron chi connectivity index (χ1n) is 8.47. The van der Waals surface area contributed by atoms with E-state index < -0.39 is 6.03 Å². The Morgan fingerprint density at radius 3 is 2.56 bits per heavy atom. The number of rotatable bonds is 6. The highest BCUT2D eigenvalue weighted by molar-refractivity contribution is 6.30. The number of hydrogen-bond donors (Lipinski definition) is 1. The number of nitrogens with zero attached hydrogens (tertiary/aromatic N) is 2. The third kappa shape index (κ3) is 4.33. The molecule has 1 aliphatic heterocycles. The lowest BCUT2D eigenvalue weighted by atomic mass is 10.2. The summed E-state index contributed by atoms with van der Waals surface area (Å²) in [5.41, 5.74) is 3.03. The van der Waals surface area contributed by atoms with Gasteiger partial charge in [-0.2, -0.15) is 9.98 Å². The molecule has 27 heavy (non-hydrogen) atoms. The number of hydrogen-bond acceptors (Lipinski definition) is 3. The minimum absolute atomic E-state index is 0.451. The largest absolute Gasteiger partial charge is 0.489 e. The van der Waals surface area contributed by atoms with Crippen LogP contribution >= 0.6 is 11.6 Å². The van der Waals surface area contributed by atoms with Gasteiger partial charge in [0.2, 0.25) is 0 Å². The summed E-state index contributed by atoms with van der Waals surface area (Å²) in [6.07, 6.45) is 0. The van der Waals surface area contributed by atoms with Gasteiger partial charge in [0.1, 0.15) is 12.4 Å². The van der Waals surface area contributed by atoms with Crippen molar-refractivity contribution in [1.29, 1.82) is 0 Å². The Morgan fingerprint density at radius 1 is 0.889 bits per heavy atom. The molecule has 0 saturated heterocycles. The van der Waals surface area contributed by atoms with E-state index in [0.29, 0.717) is 28.9 Å². The first-order valence-corrected chi connectivity index (χ1v) is 8.85. The van der Waals surface area contributed by atoms with Crippen LogP contribution in [0.1, 0.15) is 11.1 Å². The number of halogens is 1. The lowest BCUT2D eigenvalue weighted by Gasteiger charge is -2.10. The van der Waals surface area contributed by atoms with Crippen molar-refractivity contribution in [2.45, 2.75) is 13.2 Å². The Balaban J connectivity index is 1.39. The summed E-state index contributed by atoms with van der Waals surface area (Å²) in [7, 11) is 0. The Hall–Kier alpha value is -3.18. The Bertz CT molecular complexity index is 1110. The van der Waals surface area contributed by atoms with E-state index in [1.165, 1.54) is 0 Å². The van der Waals surface area contributed by atoms with Gasteiger partial charge in [0, 0.05) is 17.3 Å². The third-order valence-corrected chi connectivity index (χ3v) is 4.37. The Morgan fingerprint density at radius 2 is 1.70 bits per heavy atom. The summed E-state index contributed by atoms with van der Waals surface area (Å²) >= 11 is 5.90. The van der Waals surface area contributed by atoms with E-state index in [1.807, 2.05) is 60.7 Å². The van der Waals surface area contributed by atoms with E-state index in [-0.39, 0.29) is 0 Å². The van der Waals surface area contributed by atoms with Crippen LogP contribution in [0.15, 0.2) is 76.7 Å². The van der Waals surface area contributed by atoms with Crippen LogP contribution in [0.5, 0.6) is 5.75 Å². The highest BCUT2D eigenvalue weighted by atomic mass is 35.5. The predicted octanol–water partition coefficient (Wildman–Crippen LogP) is 3.90. The normalized spacial score (nSPS) is 12.1. The molecule has 1 heterocycles. The lowest BCUT2D eigenvalue weighted by molar-refractivity contribution is 0.256. The van der Waals surface area contributed by atoms with E-state index >= 15 is 0 Å². The monoisotopic (exact) mass is 377 g/mol. The zero-order chi connectivity index (χ0) is 18.6. The van der Waals surface area contributed by atoms with Crippen LogP contribution in [0.25, 0.3) is 0 Å². The fourth-order valence-electron chi connectivity index (χ4n) is 2.75. The summed E-state index contributed by atoms with van der Waals surface area (Å²) in [6, 6.07) is 20.6. The highest BCUT2D eigenvalue weighted by Gasteiger charge is 2.05. The van der Waals surface area contributed by atoms with Crippen molar-refractivity contribution in [2.75, 3.05) is 5.32 Å². The molecular formula is C21H16ClN3O2. The molecular weight excluding hydrogens is 362 g/mol. The van der Waals surface area contributed by atoms with Gasteiger partial charge in [0.05, 0.1) is 10.7 Å². The smallest absolute Gasteiger partial charge is 0.368 e. The second kappa shape index (κ2) is 7.60. The average Bonchev–Trinajstić information content (AvgIpc) is 3.05. The number of ether oxygens (including phenoxy) is 1. The van der Waals surface area contributed by atoms with Crippen LogP contribution in [0.3, 0.4) is 0 Å². The maximum atomic E-state index is 11.2. The van der Waals surface area contributed by atoms with E-state index in [0.717, 1.165) is 22.6 Å². The number of carbonyl (C=O) groups is 1. The van der Waals surface area contributed by atoms with Crippen LogP contribution in [0, 0.1) is 0 Å². The Kier molecular flexibility index (Phi) is 4.85. The van der Waals surface area contributed by atoms with E-state index in [2.05, 4.69) is 15.3 Å². The van der Waals surface area contributed by atoms with E-state index in [4.69, 9.17) is 16.3 Å². The minimum atomic E-state index is -0.451. The van der Waals surface area contributed by atoms with E-state index in [9.17, 15) is 4.79 Å². The van der Waals surface area contributed by atoms with Gasteiger partial charge < -0.3 is 10.1 Å². The third-order valence-electron chi connectivity index (χ3n) is 4.12.